The van der Waals surface area contributed by atoms with E-state index in [9.17, 15) is 25.2 Å². The Hall–Kier alpha value is -1.46. The maximum atomic E-state index is 14.4. The summed E-state index contributed by atoms with van der Waals surface area (Å²) in [6.45, 7) is 18.9. The first kappa shape index (κ1) is 46.6. The van der Waals surface area contributed by atoms with Crippen LogP contribution in [0.5, 0.6) is 0 Å². The van der Waals surface area contributed by atoms with Gasteiger partial charge in [0.2, 0.25) is 0 Å². The molecule has 4 aliphatic heterocycles. The zero-order valence-corrected chi connectivity index (χ0v) is 36.7. The maximum Gasteiger partial charge on any atom is 0.311 e. The maximum absolute atomic E-state index is 14.4. The van der Waals surface area contributed by atoms with Crippen molar-refractivity contribution in [3.63, 3.8) is 0 Å². The quantitative estimate of drug-likeness (QED) is 0.224. The molecule has 4 N–H and O–H groups in total. The Balaban J connectivity index is 1.55. The lowest BCUT2D eigenvalue weighted by atomic mass is 9.76. The number of rotatable bonds is 11. The summed E-state index contributed by atoms with van der Waals surface area (Å²) >= 11 is 6.30. The highest BCUT2D eigenvalue weighted by Gasteiger charge is 2.59. The number of aliphatic hydroxyl groups excluding tert-OH is 3. The highest BCUT2D eigenvalue weighted by Crippen LogP contribution is 2.48. The van der Waals surface area contributed by atoms with Crippen LogP contribution >= 0.6 is 11.6 Å². The monoisotopic (exact) mass is 827 g/mol. The minimum absolute atomic E-state index is 0.0885. The summed E-state index contributed by atoms with van der Waals surface area (Å²) in [5.74, 6) is -2.82. The fraction of sp³-hybridized carbons (Fsp3) is 0.837. The Labute approximate surface area is 344 Å². The van der Waals surface area contributed by atoms with Gasteiger partial charge in [-0.25, -0.2) is 0 Å². The van der Waals surface area contributed by atoms with Gasteiger partial charge in [-0.15, -0.1) is 0 Å². The highest BCUT2D eigenvalue weighted by atomic mass is 35.5. The first-order valence-electron chi connectivity index (χ1n) is 20.8. The number of hydrogen-bond donors (Lipinski definition) is 4. The van der Waals surface area contributed by atoms with Gasteiger partial charge in [0.05, 0.1) is 53.7 Å². The lowest BCUT2D eigenvalue weighted by Gasteiger charge is -2.48. The number of cyclic esters (lactones) is 1. The predicted molar refractivity (Wildman–Crippen MR) is 213 cm³/mol. The highest BCUT2D eigenvalue weighted by molar-refractivity contribution is 6.30. The summed E-state index contributed by atoms with van der Waals surface area (Å²) in [6.07, 6.45) is -7.95. The molecule has 4 aliphatic rings. The van der Waals surface area contributed by atoms with E-state index in [0.717, 1.165) is 5.56 Å². The number of likely N-dealkylation sites (N-methyl/N-ethyl adjacent to an activating group) is 1. The lowest BCUT2D eigenvalue weighted by molar-refractivity contribution is -0.318. The van der Waals surface area contributed by atoms with Crippen molar-refractivity contribution in [1.82, 2.24) is 4.90 Å². The summed E-state index contributed by atoms with van der Waals surface area (Å²) < 4.78 is 45.6. The summed E-state index contributed by atoms with van der Waals surface area (Å²) in [5, 5.41) is 46.6. The van der Waals surface area contributed by atoms with Crippen LogP contribution in [-0.4, -0.2) is 136 Å². The van der Waals surface area contributed by atoms with E-state index in [-0.39, 0.29) is 30.9 Å². The molecule has 326 valence electrons. The average molecular weight is 828 g/mol. The van der Waals surface area contributed by atoms with Gasteiger partial charge >= 0.3 is 5.97 Å². The number of halogens is 1. The first-order chi connectivity index (χ1) is 26.6. The number of hydrogen-bond acceptors (Lipinski definition) is 13. The van der Waals surface area contributed by atoms with Gasteiger partial charge in [0, 0.05) is 43.0 Å². The van der Waals surface area contributed by atoms with Gasteiger partial charge in [-0.1, -0.05) is 51.4 Å². The molecule has 0 aromatic heterocycles. The van der Waals surface area contributed by atoms with Gasteiger partial charge in [0.1, 0.15) is 23.9 Å². The normalized spacial score (nSPS) is 44.9. The van der Waals surface area contributed by atoms with Crippen LogP contribution in [0, 0.1) is 23.7 Å². The van der Waals surface area contributed by atoms with E-state index >= 15 is 0 Å². The number of carbonyl (C=O) groups is 1. The van der Waals surface area contributed by atoms with E-state index < -0.39 is 102 Å². The summed E-state index contributed by atoms with van der Waals surface area (Å²) in [6, 6.07) is 7.31. The summed E-state index contributed by atoms with van der Waals surface area (Å²) in [5.41, 5.74) is -2.80. The van der Waals surface area contributed by atoms with Crippen molar-refractivity contribution in [3.8, 4) is 0 Å². The molecule has 19 atom stereocenters. The largest absolute Gasteiger partial charge is 0.459 e. The molecule has 5 rings (SSSR count). The average Bonchev–Trinajstić information content (AvgIpc) is 3.47. The van der Waals surface area contributed by atoms with Crippen LogP contribution in [0.3, 0.4) is 0 Å². The predicted octanol–water partition coefficient (Wildman–Crippen LogP) is 4.85. The van der Waals surface area contributed by atoms with E-state index in [1.807, 2.05) is 59.0 Å². The Morgan fingerprint density at radius 3 is 2.37 bits per heavy atom. The van der Waals surface area contributed by atoms with Crippen molar-refractivity contribution in [2.24, 2.45) is 23.7 Å². The van der Waals surface area contributed by atoms with Crippen molar-refractivity contribution in [2.75, 3.05) is 14.2 Å². The van der Waals surface area contributed by atoms with E-state index in [0.29, 0.717) is 24.4 Å². The van der Waals surface area contributed by atoms with Crippen LogP contribution in [-0.2, 0) is 44.5 Å². The molecule has 57 heavy (non-hydrogen) atoms. The molecular formula is C43H70ClNO12. The summed E-state index contributed by atoms with van der Waals surface area (Å²) in [4.78, 5) is 16.5. The van der Waals surface area contributed by atoms with Gasteiger partial charge < -0.3 is 53.6 Å². The molecular weight excluding hydrogens is 758 g/mol. The Kier molecular flexibility index (Phi) is 14.9. The van der Waals surface area contributed by atoms with Crippen LogP contribution in [0.25, 0.3) is 0 Å². The number of ether oxygens (including phenoxy) is 7. The number of aliphatic hydroxyl groups is 4. The van der Waals surface area contributed by atoms with Crippen molar-refractivity contribution < 1.29 is 58.4 Å². The Morgan fingerprint density at radius 2 is 1.74 bits per heavy atom. The fourth-order valence-corrected chi connectivity index (χ4v) is 10.4. The zero-order chi connectivity index (χ0) is 42.4. The second kappa shape index (κ2) is 18.3. The number of carbonyl (C=O) groups excluding carboxylic acids is 1. The smallest absolute Gasteiger partial charge is 0.311 e. The molecule has 4 fully saturated rings. The number of nitrogens with zero attached hydrogens (tertiary/aromatic N) is 1. The van der Waals surface area contributed by atoms with E-state index in [4.69, 9.17) is 44.8 Å². The van der Waals surface area contributed by atoms with Crippen LogP contribution in [0.1, 0.15) is 100 Å². The van der Waals surface area contributed by atoms with Gasteiger partial charge in [-0.05, 0) is 91.5 Å². The first-order valence-corrected chi connectivity index (χ1v) is 21.2. The molecule has 4 heterocycles. The summed E-state index contributed by atoms with van der Waals surface area (Å²) in [7, 11) is 3.49. The van der Waals surface area contributed by atoms with Crippen molar-refractivity contribution in [2.45, 2.75) is 192 Å². The molecule has 1 aromatic carbocycles. The van der Waals surface area contributed by atoms with Crippen LogP contribution in [0.2, 0.25) is 5.02 Å². The molecule has 0 aliphatic carbocycles. The van der Waals surface area contributed by atoms with Gasteiger partial charge in [0.15, 0.2) is 12.6 Å². The molecule has 4 saturated heterocycles. The topological polar surface area (TPSA) is 166 Å². The number of fused-ring (bicyclic) bond motifs is 2. The molecule has 0 saturated carbocycles. The van der Waals surface area contributed by atoms with Crippen LogP contribution in [0.15, 0.2) is 24.3 Å². The van der Waals surface area contributed by atoms with Crippen molar-refractivity contribution in [1.29, 1.82) is 0 Å². The standard InChI is InChI=1S/C43H70ClNO12/c1-13-31(46)43(10,50)38-24(4)34-22(2)19-42(9,57-34)37(56-40-33(47)30(17-23(3)52-40)45(11)21-28-15-14-16-29(44)18-28)25(5)35(26(6)39(49)55-38)54-32-20-41(8,51-12)36(48)27(7)53-32/h14-16,18,22-27,30-38,40,46-48,50H,13,17,19-21H2,1-12H3/t22?,23?,24-,25-,26+,27?,30?,31+,32-,33?,34?,35-,36-,37+,38+,40-,41?,42?,43+/m0/s1. The third-order valence-electron chi connectivity index (χ3n) is 13.6. The van der Waals surface area contributed by atoms with Crippen molar-refractivity contribution >= 4 is 17.6 Å². The van der Waals surface area contributed by atoms with Gasteiger partial charge in [0.25, 0.3) is 0 Å². The van der Waals surface area contributed by atoms with E-state index in [2.05, 4.69) is 11.8 Å². The van der Waals surface area contributed by atoms with E-state index in [1.54, 1.807) is 27.7 Å². The third-order valence-corrected chi connectivity index (χ3v) is 13.8. The molecule has 0 spiro atoms. The molecule has 0 amide bonds. The molecule has 8 unspecified atom stereocenters. The van der Waals surface area contributed by atoms with E-state index in [1.165, 1.54) is 14.0 Å². The molecule has 13 nitrogen and oxygen atoms in total. The Morgan fingerprint density at radius 1 is 1.05 bits per heavy atom. The fourth-order valence-electron chi connectivity index (χ4n) is 10.2. The minimum atomic E-state index is -1.81. The van der Waals surface area contributed by atoms with Crippen LogP contribution < -0.4 is 0 Å². The molecule has 0 radical (unpaired) electrons. The Bertz CT molecular complexity index is 1500. The minimum Gasteiger partial charge on any atom is -0.459 e. The SMILES string of the molecule is CC[C@@H](O)[C@@](C)(O)[C@@H]1OC(=O)[C@H](C)[C@@H](O[C@H]2CC(C)(OC)[C@@H](O)C(C)O2)[C@H](C)[C@@H](O[C@@H]2OC(C)CC(N(C)Cc3cccc(Cl)c3)C2O)C2(C)CC(C)C(O2)[C@@H]1C. The van der Waals surface area contributed by atoms with Gasteiger partial charge in [-0.3, -0.25) is 9.69 Å². The number of esters is 1. The lowest BCUT2D eigenvalue weighted by Crippen LogP contribution is -2.60. The molecule has 1 aromatic rings. The molecule has 2 bridgehead atoms. The number of methoxy groups -OCH3 is 1. The van der Waals surface area contributed by atoms with Crippen LogP contribution in [0.4, 0.5) is 0 Å². The number of benzene rings is 1. The second-order valence-electron chi connectivity index (χ2n) is 18.3. The second-order valence-corrected chi connectivity index (χ2v) is 18.8. The van der Waals surface area contributed by atoms with Crippen molar-refractivity contribution in [3.05, 3.63) is 34.9 Å². The third kappa shape index (κ3) is 9.71. The van der Waals surface area contributed by atoms with Gasteiger partial charge in [-0.2, -0.15) is 0 Å². The zero-order valence-electron chi connectivity index (χ0n) is 36.0. The molecule has 14 heteroatoms.